The van der Waals surface area contributed by atoms with E-state index in [0.717, 1.165) is 19.3 Å². The first-order valence-corrected chi connectivity index (χ1v) is 13.8. The molecule has 0 amide bonds. The van der Waals surface area contributed by atoms with E-state index in [2.05, 4.69) is 60.0 Å². The van der Waals surface area contributed by atoms with Gasteiger partial charge in [0.15, 0.2) is 0 Å². The Morgan fingerprint density at radius 2 is 1.37 bits per heavy atom. The molecule has 3 rings (SSSR count). The molecule has 1 unspecified atom stereocenters. The van der Waals surface area contributed by atoms with Gasteiger partial charge >= 0.3 is 5.97 Å². The van der Waals surface area contributed by atoms with Gasteiger partial charge in [0.05, 0.1) is 29.7 Å². The predicted molar refractivity (Wildman–Crippen MR) is 147 cm³/mol. The van der Waals surface area contributed by atoms with Gasteiger partial charge in [0.25, 0.3) is 0 Å². The number of unbranched alkanes of at least 4 members (excludes halogenated alkanes) is 6. The summed E-state index contributed by atoms with van der Waals surface area (Å²) in [6.45, 7) is 9.13. The van der Waals surface area contributed by atoms with Crippen LogP contribution < -0.4 is 0 Å². The second-order valence-corrected chi connectivity index (χ2v) is 10.4. The van der Waals surface area contributed by atoms with Gasteiger partial charge in [-0.1, -0.05) is 88.8 Å². The van der Waals surface area contributed by atoms with E-state index in [1.807, 2.05) is 20.8 Å². The highest BCUT2D eigenvalue weighted by Crippen LogP contribution is 2.34. The van der Waals surface area contributed by atoms with E-state index in [1.165, 1.54) is 60.3 Å². The molecule has 1 aromatic heterocycles. The van der Waals surface area contributed by atoms with Crippen molar-refractivity contribution in [2.75, 3.05) is 13.2 Å². The van der Waals surface area contributed by atoms with Gasteiger partial charge < -0.3 is 14.0 Å². The van der Waals surface area contributed by atoms with E-state index < -0.39 is 5.41 Å². The Morgan fingerprint density at radius 3 is 1.97 bits per heavy atom. The van der Waals surface area contributed by atoms with Crippen molar-refractivity contribution in [3.8, 4) is 0 Å². The topological polar surface area (TPSA) is 40.5 Å². The Hall–Kier alpha value is -2.33. The molecule has 35 heavy (non-hydrogen) atoms. The Balaban J connectivity index is 1.67. The average molecular weight is 480 g/mol. The molecule has 0 spiro atoms. The molecule has 0 aliphatic heterocycles. The van der Waals surface area contributed by atoms with Gasteiger partial charge in [-0.3, -0.25) is 4.79 Å². The lowest BCUT2D eigenvalue weighted by Crippen LogP contribution is -2.26. The Bertz CT molecular complexity index is 998. The highest BCUT2D eigenvalue weighted by atomic mass is 16.5. The molecule has 192 valence electrons. The van der Waals surface area contributed by atoms with E-state index >= 15 is 0 Å². The standard InChI is InChI=1S/C31H45NO3/c1-5-7-8-9-10-11-12-22-29(34-23-17-24-35-30(33)31(3,4)6-2)32-27-20-15-13-18-25(27)26-19-14-16-21-28(26)32/h13-16,18-21,29H,5-12,17,22-24H2,1-4H3. The van der Waals surface area contributed by atoms with Crippen molar-refractivity contribution in [1.29, 1.82) is 0 Å². The van der Waals surface area contributed by atoms with Crippen LogP contribution in [0.15, 0.2) is 48.5 Å². The Labute approximate surface area is 212 Å². The van der Waals surface area contributed by atoms with Crippen LogP contribution >= 0.6 is 0 Å². The van der Waals surface area contributed by atoms with Gasteiger partial charge in [0.2, 0.25) is 0 Å². The van der Waals surface area contributed by atoms with Gasteiger partial charge in [0, 0.05) is 17.2 Å². The summed E-state index contributed by atoms with van der Waals surface area (Å²) in [5, 5.41) is 2.54. The van der Waals surface area contributed by atoms with Crippen molar-refractivity contribution < 1.29 is 14.3 Å². The van der Waals surface area contributed by atoms with Crippen LogP contribution in [-0.4, -0.2) is 23.8 Å². The third-order valence-corrected chi connectivity index (χ3v) is 7.23. The summed E-state index contributed by atoms with van der Waals surface area (Å²) in [6, 6.07) is 17.2. The number of nitrogens with zero attached hydrogens (tertiary/aromatic N) is 1. The first-order chi connectivity index (χ1) is 17.0. The van der Waals surface area contributed by atoms with E-state index in [9.17, 15) is 4.79 Å². The van der Waals surface area contributed by atoms with Gasteiger partial charge in [-0.15, -0.1) is 0 Å². The number of rotatable bonds is 16. The first kappa shape index (κ1) is 27.3. The van der Waals surface area contributed by atoms with Crippen molar-refractivity contribution >= 4 is 27.8 Å². The van der Waals surface area contributed by atoms with E-state index in [4.69, 9.17) is 9.47 Å². The molecule has 0 N–H and O–H groups in total. The van der Waals surface area contributed by atoms with Crippen LogP contribution in [0.5, 0.6) is 0 Å². The molecule has 2 aromatic carbocycles. The number of aromatic nitrogens is 1. The minimum atomic E-state index is -0.427. The maximum atomic E-state index is 12.3. The second-order valence-electron chi connectivity index (χ2n) is 10.4. The first-order valence-electron chi connectivity index (χ1n) is 13.8. The number of benzene rings is 2. The third kappa shape index (κ3) is 7.33. The van der Waals surface area contributed by atoms with Crippen molar-refractivity contribution in [3.63, 3.8) is 0 Å². The number of esters is 1. The molecule has 0 radical (unpaired) electrons. The molecule has 1 atom stereocenters. The molecule has 4 heteroatoms. The average Bonchev–Trinajstić information content (AvgIpc) is 3.21. The predicted octanol–water partition coefficient (Wildman–Crippen LogP) is 8.82. The number of carbonyl (C=O) groups is 1. The van der Waals surface area contributed by atoms with E-state index in [1.54, 1.807) is 0 Å². The lowest BCUT2D eigenvalue weighted by molar-refractivity contribution is -0.154. The van der Waals surface area contributed by atoms with Crippen LogP contribution in [0.1, 0.15) is 98.1 Å². The second kappa shape index (κ2) is 13.7. The number of hydrogen-bond acceptors (Lipinski definition) is 3. The zero-order valence-corrected chi connectivity index (χ0v) is 22.4. The third-order valence-electron chi connectivity index (χ3n) is 7.23. The van der Waals surface area contributed by atoms with E-state index in [0.29, 0.717) is 19.6 Å². The SMILES string of the molecule is CCCCCCCCCC(OCCCOC(=O)C(C)(C)CC)n1c2ccccc2c2ccccc21. The van der Waals surface area contributed by atoms with E-state index in [-0.39, 0.29) is 12.2 Å². The van der Waals surface area contributed by atoms with Crippen LogP contribution in [0, 0.1) is 5.41 Å². The summed E-state index contributed by atoms with van der Waals surface area (Å²) >= 11 is 0. The molecule has 0 aliphatic carbocycles. The Kier molecular flexibility index (Phi) is 10.7. The molecule has 0 bridgehead atoms. The molecule has 0 aliphatic rings. The Morgan fingerprint density at radius 1 is 0.800 bits per heavy atom. The fourth-order valence-electron chi connectivity index (χ4n) is 4.61. The fraction of sp³-hybridized carbons (Fsp3) is 0.581. The molecular weight excluding hydrogens is 434 g/mol. The number of hydrogen-bond donors (Lipinski definition) is 0. The number of ether oxygens (including phenoxy) is 2. The normalized spacial score (nSPS) is 12.9. The van der Waals surface area contributed by atoms with Gasteiger partial charge in [-0.2, -0.15) is 0 Å². The summed E-state index contributed by atoms with van der Waals surface area (Å²) in [6.07, 6.45) is 11.4. The molecular formula is C31H45NO3. The maximum Gasteiger partial charge on any atom is 0.311 e. The van der Waals surface area contributed by atoms with Crippen molar-refractivity contribution in [2.24, 2.45) is 5.41 Å². The van der Waals surface area contributed by atoms with Crippen LogP contribution in [0.3, 0.4) is 0 Å². The fourth-order valence-corrected chi connectivity index (χ4v) is 4.61. The number of fused-ring (bicyclic) bond motifs is 3. The summed E-state index contributed by atoms with van der Waals surface area (Å²) in [5.41, 5.74) is 2.01. The van der Waals surface area contributed by atoms with Gasteiger partial charge in [0.1, 0.15) is 6.23 Å². The van der Waals surface area contributed by atoms with Gasteiger partial charge in [-0.05, 0) is 45.2 Å². The summed E-state index contributed by atoms with van der Waals surface area (Å²) in [5.74, 6) is -0.123. The maximum absolute atomic E-state index is 12.3. The summed E-state index contributed by atoms with van der Waals surface area (Å²) in [4.78, 5) is 12.3. The minimum absolute atomic E-state index is 0.0294. The van der Waals surface area contributed by atoms with Crippen molar-refractivity contribution in [3.05, 3.63) is 48.5 Å². The van der Waals surface area contributed by atoms with Crippen LogP contribution in [-0.2, 0) is 14.3 Å². The zero-order valence-electron chi connectivity index (χ0n) is 22.4. The molecule has 4 nitrogen and oxygen atoms in total. The lowest BCUT2D eigenvalue weighted by Gasteiger charge is -2.23. The zero-order chi connectivity index (χ0) is 25.1. The minimum Gasteiger partial charge on any atom is -0.465 e. The number of carbonyl (C=O) groups excluding carboxylic acids is 1. The monoisotopic (exact) mass is 479 g/mol. The van der Waals surface area contributed by atoms with Gasteiger partial charge in [-0.25, -0.2) is 0 Å². The van der Waals surface area contributed by atoms with Crippen LogP contribution in [0.25, 0.3) is 21.8 Å². The summed E-state index contributed by atoms with van der Waals surface area (Å²) < 4.78 is 14.4. The molecule has 0 fully saturated rings. The summed E-state index contributed by atoms with van der Waals surface area (Å²) in [7, 11) is 0. The lowest BCUT2D eigenvalue weighted by atomic mass is 9.91. The van der Waals surface area contributed by atoms with Crippen LogP contribution in [0.4, 0.5) is 0 Å². The van der Waals surface area contributed by atoms with Crippen molar-refractivity contribution in [1.82, 2.24) is 4.57 Å². The highest BCUT2D eigenvalue weighted by Gasteiger charge is 2.27. The quantitative estimate of drug-likeness (QED) is 0.152. The molecule has 1 heterocycles. The molecule has 0 saturated carbocycles. The van der Waals surface area contributed by atoms with Crippen LogP contribution in [0.2, 0.25) is 0 Å². The largest absolute Gasteiger partial charge is 0.465 e. The molecule has 0 saturated heterocycles. The highest BCUT2D eigenvalue weighted by molar-refractivity contribution is 6.08. The smallest absolute Gasteiger partial charge is 0.311 e. The van der Waals surface area contributed by atoms with Crippen molar-refractivity contribution in [2.45, 2.75) is 98.1 Å². The number of para-hydroxylation sites is 2. The molecule has 3 aromatic rings.